The molecule has 0 bridgehead atoms. The molecule has 190 valence electrons. The smallest absolute Gasteiger partial charge is 0.254 e. The van der Waals surface area contributed by atoms with Crippen LogP contribution in [0.1, 0.15) is 65.6 Å². The van der Waals surface area contributed by atoms with Crippen molar-refractivity contribution >= 4 is 28.3 Å². The summed E-state index contributed by atoms with van der Waals surface area (Å²) >= 11 is 6.49. The van der Waals surface area contributed by atoms with Gasteiger partial charge in [0.15, 0.2) is 0 Å². The normalized spacial score (nSPS) is 23.7. The molecule has 0 unspecified atom stereocenters. The average molecular weight is 514 g/mol. The number of halogens is 1. The van der Waals surface area contributed by atoms with Crippen LogP contribution in [0.4, 0.5) is 0 Å². The minimum absolute atomic E-state index is 0.0498. The Hall–Kier alpha value is -2.91. The van der Waals surface area contributed by atoms with Gasteiger partial charge in [0.05, 0.1) is 23.6 Å². The summed E-state index contributed by atoms with van der Waals surface area (Å²) < 4.78 is 0. The minimum Gasteiger partial charge on any atom is -0.391 e. The second-order valence-corrected chi connectivity index (χ2v) is 11.3. The number of nitrogens with zero attached hydrogens (tertiary/aromatic N) is 3. The number of amides is 1. The molecule has 2 heterocycles. The van der Waals surface area contributed by atoms with Crippen LogP contribution in [0.2, 0.25) is 5.02 Å². The number of rotatable bonds is 4. The highest BCUT2D eigenvalue weighted by Crippen LogP contribution is 2.40. The number of aliphatic hydroxyl groups is 1. The topological polar surface area (TPSA) is 67.6 Å². The Morgan fingerprint density at radius 1 is 1.03 bits per heavy atom. The molecule has 2 fully saturated rings. The summed E-state index contributed by atoms with van der Waals surface area (Å²) in [6.45, 7) is 2.89. The molecular formula is C31H32ClN3O2. The second kappa shape index (κ2) is 9.76. The first-order valence-corrected chi connectivity index (χ1v) is 13.8. The predicted octanol–water partition coefficient (Wildman–Crippen LogP) is 5.81. The van der Waals surface area contributed by atoms with Crippen molar-refractivity contribution in [3.8, 4) is 6.07 Å². The van der Waals surface area contributed by atoms with Gasteiger partial charge in [0, 0.05) is 36.8 Å². The number of benzene rings is 3. The van der Waals surface area contributed by atoms with Crippen LogP contribution in [0.3, 0.4) is 0 Å². The van der Waals surface area contributed by atoms with E-state index in [1.54, 1.807) is 0 Å². The number of fused-ring (bicyclic) bond motifs is 3. The van der Waals surface area contributed by atoms with E-state index in [0.717, 1.165) is 85.8 Å². The van der Waals surface area contributed by atoms with E-state index < -0.39 is 11.5 Å². The first-order valence-electron chi connectivity index (χ1n) is 13.4. The standard InChI is InChI=1S/C31H32ClN3O2/c32-27-10-4-3-9-26(27)31(20-33)13-15-34(16-14-31)18-21-17-24-25(23-8-2-1-7-22(21)23)19-35(30(24)37)28-11-5-6-12-29(28)36/h1-4,7-10,17,28-29,36H,5-6,11-16,18-19H2/t28-,29-/m0/s1. The molecule has 3 aromatic rings. The highest BCUT2D eigenvalue weighted by molar-refractivity contribution is 6.31. The van der Waals surface area contributed by atoms with E-state index in [2.05, 4.69) is 35.2 Å². The maximum absolute atomic E-state index is 13.6. The lowest BCUT2D eigenvalue weighted by Crippen LogP contribution is -2.45. The number of aliphatic hydroxyl groups excluding tert-OH is 1. The first-order chi connectivity index (χ1) is 18.0. The second-order valence-electron chi connectivity index (χ2n) is 10.9. The van der Waals surface area contributed by atoms with Crippen molar-refractivity contribution in [2.45, 2.75) is 69.2 Å². The molecule has 3 aliphatic rings. The number of nitriles is 1. The van der Waals surface area contributed by atoms with Gasteiger partial charge in [-0.15, -0.1) is 0 Å². The van der Waals surface area contributed by atoms with E-state index in [0.29, 0.717) is 11.6 Å². The molecule has 1 saturated carbocycles. The van der Waals surface area contributed by atoms with E-state index in [1.807, 2.05) is 35.2 Å². The lowest BCUT2D eigenvalue weighted by atomic mass is 9.74. The average Bonchev–Trinajstić information content (AvgIpc) is 3.26. The van der Waals surface area contributed by atoms with Crippen LogP contribution in [0.25, 0.3) is 10.8 Å². The SMILES string of the molecule is N#CC1(c2ccccc2Cl)CCN(Cc2cc3c(c4ccccc24)CN([C@H]2CCCC[C@@H]2O)C3=O)CC1. The lowest BCUT2D eigenvalue weighted by molar-refractivity contribution is 0.0192. The molecule has 1 aliphatic carbocycles. The summed E-state index contributed by atoms with van der Waals surface area (Å²) in [5, 5.41) is 23.8. The van der Waals surface area contributed by atoms with Crippen molar-refractivity contribution in [1.82, 2.24) is 9.80 Å². The molecule has 3 aromatic carbocycles. The molecule has 1 saturated heterocycles. The van der Waals surface area contributed by atoms with Crippen LogP contribution in [-0.2, 0) is 18.5 Å². The Balaban J connectivity index is 1.27. The van der Waals surface area contributed by atoms with Gasteiger partial charge in [0.25, 0.3) is 5.91 Å². The lowest BCUT2D eigenvalue weighted by Gasteiger charge is -2.38. The number of piperidine rings is 1. The summed E-state index contributed by atoms with van der Waals surface area (Å²) in [6.07, 6.45) is 4.73. The van der Waals surface area contributed by atoms with Gasteiger partial charge in [-0.2, -0.15) is 5.26 Å². The van der Waals surface area contributed by atoms with E-state index >= 15 is 0 Å². The number of likely N-dealkylation sites (tertiary alicyclic amines) is 1. The Labute approximate surface area is 223 Å². The van der Waals surface area contributed by atoms with Gasteiger partial charge in [-0.05, 0) is 65.3 Å². The maximum Gasteiger partial charge on any atom is 0.254 e. The van der Waals surface area contributed by atoms with Gasteiger partial charge in [0.2, 0.25) is 0 Å². The van der Waals surface area contributed by atoms with Crippen LogP contribution in [0.15, 0.2) is 54.6 Å². The van der Waals surface area contributed by atoms with Crippen molar-refractivity contribution in [1.29, 1.82) is 5.26 Å². The molecule has 5 nitrogen and oxygen atoms in total. The van der Waals surface area contributed by atoms with Crippen molar-refractivity contribution in [2.24, 2.45) is 0 Å². The first kappa shape index (κ1) is 24.4. The third kappa shape index (κ3) is 4.22. The molecule has 0 spiro atoms. The van der Waals surface area contributed by atoms with E-state index in [4.69, 9.17) is 11.6 Å². The molecule has 6 rings (SSSR count). The van der Waals surface area contributed by atoms with Crippen LogP contribution < -0.4 is 0 Å². The predicted molar refractivity (Wildman–Crippen MR) is 145 cm³/mol. The quantitative estimate of drug-likeness (QED) is 0.478. The molecule has 6 heteroatoms. The molecule has 0 radical (unpaired) electrons. The summed E-state index contributed by atoms with van der Waals surface area (Å²) in [5.41, 5.74) is 3.38. The largest absolute Gasteiger partial charge is 0.391 e. The fourth-order valence-electron chi connectivity index (χ4n) is 6.75. The monoisotopic (exact) mass is 513 g/mol. The summed E-state index contributed by atoms with van der Waals surface area (Å²) in [5.74, 6) is 0.0498. The van der Waals surface area contributed by atoms with Gasteiger partial charge in [0.1, 0.15) is 0 Å². The third-order valence-electron chi connectivity index (χ3n) is 8.86. The van der Waals surface area contributed by atoms with E-state index in [9.17, 15) is 15.2 Å². The third-order valence-corrected chi connectivity index (χ3v) is 9.19. The van der Waals surface area contributed by atoms with Crippen LogP contribution >= 0.6 is 11.6 Å². The summed E-state index contributed by atoms with van der Waals surface area (Å²) in [6, 6.07) is 20.7. The van der Waals surface area contributed by atoms with Crippen LogP contribution in [0.5, 0.6) is 0 Å². The van der Waals surface area contributed by atoms with Gasteiger partial charge in [-0.3, -0.25) is 9.69 Å². The summed E-state index contributed by atoms with van der Waals surface area (Å²) in [4.78, 5) is 17.9. The zero-order valence-electron chi connectivity index (χ0n) is 21.0. The van der Waals surface area contributed by atoms with Gasteiger partial charge in [-0.1, -0.05) is 66.9 Å². The Morgan fingerprint density at radius 2 is 1.73 bits per heavy atom. The molecule has 2 aliphatic heterocycles. The fourth-order valence-corrected chi connectivity index (χ4v) is 7.06. The van der Waals surface area contributed by atoms with Crippen LogP contribution in [0, 0.1) is 11.3 Å². The number of hydrogen-bond acceptors (Lipinski definition) is 4. The highest BCUT2D eigenvalue weighted by Gasteiger charge is 2.40. The van der Waals surface area contributed by atoms with Crippen LogP contribution in [-0.4, -0.2) is 46.0 Å². The molecular weight excluding hydrogens is 482 g/mol. The Bertz CT molecular complexity index is 1390. The van der Waals surface area contributed by atoms with Gasteiger partial charge >= 0.3 is 0 Å². The number of carbonyl (C=O) groups excluding carboxylic acids is 1. The van der Waals surface area contributed by atoms with Crippen molar-refractivity contribution in [2.75, 3.05) is 13.1 Å². The van der Waals surface area contributed by atoms with Gasteiger partial charge < -0.3 is 10.0 Å². The number of carbonyl (C=O) groups is 1. The fraction of sp³-hybridized carbons (Fsp3) is 0.419. The Kier molecular flexibility index (Phi) is 6.44. The van der Waals surface area contributed by atoms with Crippen molar-refractivity contribution in [3.05, 3.63) is 81.9 Å². The molecule has 0 aromatic heterocycles. The zero-order chi connectivity index (χ0) is 25.6. The highest BCUT2D eigenvalue weighted by atomic mass is 35.5. The van der Waals surface area contributed by atoms with Crippen molar-refractivity contribution < 1.29 is 9.90 Å². The molecule has 37 heavy (non-hydrogen) atoms. The maximum atomic E-state index is 13.6. The zero-order valence-corrected chi connectivity index (χ0v) is 21.8. The van der Waals surface area contributed by atoms with Crippen molar-refractivity contribution in [3.63, 3.8) is 0 Å². The minimum atomic E-state index is -0.563. The Morgan fingerprint density at radius 3 is 2.46 bits per heavy atom. The van der Waals surface area contributed by atoms with E-state index in [1.165, 1.54) is 5.39 Å². The molecule has 1 amide bonds. The van der Waals surface area contributed by atoms with Gasteiger partial charge in [-0.25, -0.2) is 0 Å². The number of hydrogen-bond donors (Lipinski definition) is 1. The molecule has 2 atom stereocenters. The summed E-state index contributed by atoms with van der Waals surface area (Å²) in [7, 11) is 0. The molecule has 1 N–H and O–H groups in total. The van der Waals surface area contributed by atoms with E-state index in [-0.39, 0.29) is 11.9 Å².